The number of unbranched alkanes of at least 4 members (excludes halogenated alkanes) is 9. The van der Waals surface area contributed by atoms with Crippen LogP contribution in [-0.2, 0) is 0 Å². The predicted octanol–water partition coefficient (Wildman–Crippen LogP) is 5.92. The van der Waals surface area contributed by atoms with Gasteiger partial charge in [-0.15, -0.1) is 0 Å². The van der Waals surface area contributed by atoms with E-state index >= 15 is 0 Å². The summed E-state index contributed by atoms with van der Waals surface area (Å²) in [4.78, 5) is 0. The molecule has 0 aliphatic carbocycles. The molecule has 0 aromatic carbocycles. The van der Waals surface area contributed by atoms with Crippen LogP contribution < -0.4 is 0 Å². The van der Waals surface area contributed by atoms with Gasteiger partial charge in [0, 0.05) is 7.74 Å². The first-order valence-corrected chi connectivity index (χ1v) is 8.72. The Bertz CT molecular complexity index is 182. The molecule has 3 radical (unpaired) electrons. The second kappa shape index (κ2) is 13.1. The normalized spacial score (nSPS) is 14.3. The van der Waals surface area contributed by atoms with Crippen molar-refractivity contribution < 1.29 is 0 Å². The Kier molecular flexibility index (Phi) is 13.2. The lowest BCUT2D eigenvalue weighted by molar-refractivity contribution is 0.307. The van der Waals surface area contributed by atoms with Crippen LogP contribution in [0.4, 0.5) is 0 Å². The topological polar surface area (TPSA) is 0 Å². The van der Waals surface area contributed by atoms with Crippen molar-refractivity contribution in [1.29, 1.82) is 0 Å². The summed E-state index contributed by atoms with van der Waals surface area (Å²) in [6.45, 7) is 6.95. The van der Waals surface area contributed by atoms with Crippen LogP contribution in [0.25, 0.3) is 0 Å². The summed E-state index contributed by atoms with van der Waals surface area (Å²) >= 11 is 0. The van der Waals surface area contributed by atoms with Crippen molar-refractivity contribution in [2.75, 3.05) is 0 Å². The lowest BCUT2D eigenvalue weighted by Gasteiger charge is -2.28. The van der Waals surface area contributed by atoms with Gasteiger partial charge in [0.15, 0.2) is 0 Å². The Morgan fingerprint density at radius 1 is 0.789 bits per heavy atom. The molecule has 0 N–H and O–H groups in total. The molecule has 0 aliphatic heterocycles. The zero-order valence-electron chi connectivity index (χ0n) is 13.8. The lowest BCUT2D eigenvalue weighted by atomic mass is 9.48. The van der Waals surface area contributed by atoms with Gasteiger partial charge in [-0.3, -0.25) is 0 Å². The van der Waals surface area contributed by atoms with Gasteiger partial charge >= 0.3 is 0 Å². The van der Waals surface area contributed by atoms with Crippen LogP contribution in [-0.4, -0.2) is 14.9 Å². The molecule has 0 bridgehead atoms. The summed E-state index contributed by atoms with van der Waals surface area (Å²) in [5.74, 6) is 0. The molecule has 0 heterocycles. The third kappa shape index (κ3) is 11.6. The van der Waals surface area contributed by atoms with Gasteiger partial charge in [-0.25, -0.2) is 0 Å². The smallest absolute Gasteiger partial charge is 0.0552 e. The van der Waals surface area contributed by atoms with E-state index in [1.165, 1.54) is 77.0 Å². The van der Waals surface area contributed by atoms with Gasteiger partial charge in [0.1, 0.15) is 0 Å². The summed E-state index contributed by atoms with van der Waals surface area (Å²) in [7, 11) is 7.43. The molecule has 0 nitrogen and oxygen atoms in total. The van der Waals surface area contributed by atoms with Gasteiger partial charge < -0.3 is 0 Å². The van der Waals surface area contributed by atoms with Crippen molar-refractivity contribution in [3.8, 4) is 0 Å². The van der Waals surface area contributed by atoms with Crippen molar-refractivity contribution in [2.24, 2.45) is 5.41 Å². The van der Waals surface area contributed by atoms with E-state index in [1.54, 1.807) is 0 Å². The highest BCUT2D eigenvalue weighted by atomic mass is 14.2. The van der Waals surface area contributed by atoms with Gasteiger partial charge in [-0.05, 0) is 11.8 Å². The molecule has 0 aromatic rings. The molecule has 0 saturated carbocycles. The Morgan fingerprint density at radius 2 is 1.26 bits per heavy atom. The van der Waals surface area contributed by atoms with E-state index in [9.17, 15) is 0 Å². The van der Waals surface area contributed by atoms with Crippen LogP contribution in [0.3, 0.4) is 0 Å². The summed E-state index contributed by atoms with van der Waals surface area (Å²) < 4.78 is 0. The Morgan fingerprint density at radius 3 is 1.68 bits per heavy atom. The summed E-state index contributed by atoms with van der Waals surface area (Å²) in [5.41, 5.74) is 0.453. The maximum Gasteiger partial charge on any atom is 0.0552 e. The maximum atomic E-state index is 5.59. The summed E-state index contributed by atoms with van der Waals surface area (Å²) in [5, 5.41) is 0. The fourth-order valence-electron chi connectivity index (χ4n) is 2.75. The lowest BCUT2D eigenvalue weighted by Crippen LogP contribution is -2.17. The van der Waals surface area contributed by atoms with Gasteiger partial charge in [0.2, 0.25) is 0 Å². The van der Waals surface area contributed by atoms with Crippen LogP contribution in [0.5, 0.6) is 0 Å². The largest absolute Gasteiger partial charge is 0.0842 e. The van der Waals surface area contributed by atoms with Crippen LogP contribution in [0.1, 0.15) is 97.8 Å². The van der Waals surface area contributed by atoms with Crippen molar-refractivity contribution in [3.05, 3.63) is 0 Å². The third-order valence-corrected chi connectivity index (χ3v) is 4.60. The Hall–Kier alpha value is 0.130. The van der Waals surface area contributed by atoms with Gasteiger partial charge in [-0.2, -0.15) is 0 Å². The van der Waals surface area contributed by atoms with E-state index in [0.29, 0.717) is 5.41 Å². The minimum Gasteiger partial charge on any atom is -0.0842 e. The van der Waals surface area contributed by atoms with Crippen LogP contribution >= 0.6 is 0 Å². The highest BCUT2D eigenvalue weighted by molar-refractivity contribution is 6.89. The first kappa shape index (κ1) is 19.1. The molecule has 0 aliphatic rings. The first-order valence-electron chi connectivity index (χ1n) is 8.72. The second-order valence-electron chi connectivity index (χ2n) is 6.54. The Balaban J connectivity index is 3.30. The van der Waals surface area contributed by atoms with Gasteiger partial charge in [0.05, 0.1) is 7.17 Å². The average molecular weight is 261 g/mol. The minimum absolute atomic E-state index is 0.453. The van der Waals surface area contributed by atoms with Crippen molar-refractivity contribution in [2.45, 2.75) is 104 Å². The predicted molar refractivity (Wildman–Crippen MR) is 91.2 cm³/mol. The van der Waals surface area contributed by atoms with Crippen molar-refractivity contribution in [1.82, 2.24) is 0 Å². The molecule has 0 amide bonds. The quantitative estimate of drug-likeness (QED) is 0.269. The molecule has 0 aromatic heterocycles. The van der Waals surface area contributed by atoms with Crippen molar-refractivity contribution >= 4 is 14.9 Å². The Labute approximate surface area is 125 Å². The fourth-order valence-corrected chi connectivity index (χ4v) is 2.75. The average Bonchev–Trinajstić information content (AvgIpc) is 2.41. The van der Waals surface area contributed by atoms with Crippen LogP contribution in [0.2, 0.25) is 6.32 Å². The maximum absolute atomic E-state index is 5.59. The highest BCUT2D eigenvalue weighted by Crippen LogP contribution is 2.32. The fraction of sp³-hybridized carbons (Fsp3) is 1.00. The van der Waals surface area contributed by atoms with E-state index < -0.39 is 0 Å². The molecule has 1 atom stereocenters. The monoisotopic (exact) mass is 261 g/mol. The molecule has 109 valence electrons. The molecular weight excluding hydrogens is 226 g/mol. The second-order valence-corrected chi connectivity index (χ2v) is 6.54. The summed E-state index contributed by atoms with van der Waals surface area (Å²) in [6.07, 6.45) is 17.9. The molecule has 19 heavy (non-hydrogen) atoms. The summed E-state index contributed by atoms with van der Waals surface area (Å²) in [6, 6.07) is 0. The standard InChI is InChI=1S/C17H35B2/c1-4-6-7-8-9-10-11-12-13-14-15-17(3,5-2)16-19-18/h4-16H2,1-3H3. The van der Waals surface area contributed by atoms with Gasteiger partial charge in [-0.1, -0.05) is 97.7 Å². The van der Waals surface area contributed by atoms with Crippen molar-refractivity contribution in [3.63, 3.8) is 0 Å². The highest BCUT2D eigenvalue weighted by Gasteiger charge is 2.19. The SMILES string of the molecule is [B][B]CC(C)(CC)CCCCCCCCCCCC. The van der Waals surface area contributed by atoms with E-state index in [1.807, 2.05) is 7.17 Å². The molecule has 0 spiro atoms. The van der Waals surface area contributed by atoms with E-state index in [4.69, 9.17) is 7.74 Å². The molecule has 2 heteroatoms. The minimum atomic E-state index is 0.453. The third-order valence-electron chi connectivity index (χ3n) is 4.60. The number of rotatable bonds is 14. The van der Waals surface area contributed by atoms with Gasteiger partial charge in [0.25, 0.3) is 0 Å². The molecule has 0 fully saturated rings. The van der Waals surface area contributed by atoms with Crippen LogP contribution in [0, 0.1) is 5.41 Å². The molecular formula is C17H35B2. The van der Waals surface area contributed by atoms with E-state index in [-0.39, 0.29) is 0 Å². The van der Waals surface area contributed by atoms with Crippen LogP contribution in [0.15, 0.2) is 0 Å². The number of hydrogen-bond donors (Lipinski definition) is 0. The zero-order chi connectivity index (χ0) is 14.4. The van der Waals surface area contributed by atoms with E-state index in [2.05, 4.69) is 20.8 Å². The first-order chi connectivity index (χ1) is 9.18. The zero-order valence-corrected chi connectivity index (χ0v) is 13.8. The number of hydrogen-bond acceptors (Lipinski definition) is 0. The molecule has 0 rings (SSSR count). The van der Waals surface area contributed by atoms with E-state index in [0.717, 1.165) is 6.32 Å². The molecule has 0 saturated heterocycles. The molecule has 1 unspecified atom stereocenters.